The summed E-state index contributed by atoms with van der Waals surface area (Å²) in [5, 5.41) is 13.1. The van der Waals surface area contributed by atoms with E-state index in [9.17, 15) is 9.32 Å². The van der Waals surface area contributed by atoms with Crippen LogP contribution in [0.15, 0.2) is 0 Å². The van der Waals surface area contributed by atoms with Gasteiger partial charge in [-0.25, -0.2) is 0 Å². The SMILES string of the molecule is CC(CCS(C)=O)NCC1(CO)CCCCC1. The van der Waals surface area contributed by atoms with Gasteiger partial charge in [0, 0.05) is 47.4 Å². The number of nitrogens with one attached hydrogen (secondary N) is 1. The van der Waals surface area contributed by atoms with Gasteiger partial charge in [-0.2, -0.15) is 0 Å². The highest BCUT2D eigenvalue weighted by molar-refractivity contribution is 7.84. The molecular weight excluding hydrogens is 234 g/mol. The van der Waals surface area contributed by atoms with Crippen LogP contribution in [0.2, 0.25) is 0 Å². The molecule has 1 rings (SSSR count). The maximum atomic E-state index is 11.0. The molecule has 0 radical (unpaired) electrons. The minimum absolute atomic E-state index is 0.109. The predicted molar refractivity (Wildman–Crippen MR) is 73.6 cm³/mol. The topological polar surface area (TPSA) is 49.3 Å². The number of rotatable bonds is 7. The first kappa shape index (κ1) is 15.1. The Labute approximate surface area is 108 Å². The lowest BCUT2D eigenvalue weighted by molar-refractivity contribution is 0.0788. The fourth-order valence-electron chi connectivity index (χ4n) is 2.53. The molecule has 0 saturated heterocycles. The van der Waals surface area contributed by atoms with E-state index in [0.29, 0.717) is 12.6 Å². The van der Waals surface area contributed by atoms with Gasteiger partial charge in [-0.15, -0.1) is 0 Å². The third-order valence-electron chi connectivity index (χ3n) is 3.91. The highest BCUT2D eigenvalue weighted by atomic mass is 32.2. The van der Waals surface area contributed by atoms with Crippen LogP contribution in [0.25, 0.3) is 0 Å². The molecule has 17 heavy (non-hydrogen) atoms. The van der Waals surface area contributed by atoms with Gasteiger partial charge in [-0.1, -0.05) is 19.3 Å². The van der Waals surface area contributed by atoms with Gasteiger partial charge in [-0.3, -0.25) is 4.21 Å². The number of aliphatic hydroxyl groups excluding tert-OH is 1. The highest BCUT2D eigenvalue weighted by Gasteiger charge is 2.31. The first-order valence-corrected chi connectivity index (χ1v) is 8.45. The third kappa shape index (κ3) is 5.49. The highest BCUT2D eigenvalue weighted by Crippen LogP contribution is 2.35. The largest absolute Gasteiger partial charge is 0.396 e. The molecule has 2 atom stereocenters. The summed E-state index contributed by atoms with van der Waals surface area (Å²) in [5.74, 6) is 0.764. The van der Waals surface area contributed by atoms with E-state index >= 15 is 0 Å². The molecule has 3 nitrogen and oxygen atoms in total. The Balaban J connectivity index is 2.28. The summed E-state index contributed by atoms with van der Waals surface area (Å²) in [6.45, 7) is 3.34. The van der Waals surface area contributed by atoms with Gasteiger partial charge in [0.15, 0.2) is 0 Å². The van der Waals surface area contributed by atoms with Crippen molar-refractivity contribution in [2.45, 2.75) is 51.5 Å². The molecule has 0 heterocycles. The number of hydrogen-bond acceptors (Lipinski definition) is 3. The summed E-state index contributed by atoms with van der Waals surface area (Å²) in [6, 6.07) is 0.393. The minimum Gasteiger partial charge on any atom is -0.396 e. The fraction of sp³-hybridized carbons (Fsp3) is 1.00. The molecule has 0 bridgehead atoms. The Morgan fingerprint density at radius 3 is 2.53 bits per heavy atom. The van der Waals surface area contributed by atoms with Crippen molar-refractivity contribution in [1.29, 1.82) is 0 Å². The molecule has 0 aromatic carbocycles. The monoisotopic (exact) mass is 261 g/mol. The lowest BCUT2D eigenvalue weighted by atomic mass is 9.74. The maximum absolute atomic E-state index is 11.0. The second kappa shape index (κ2) is 7.49. The Morgan fingerprint density at radius 2 is 2.00 bits per heavy atom. The minimum atomic E-state index is -0.696. The Morgan fingerprint density at radius 1 is 1.35 bits per heavy atom. The summed E-state index contributed by atoms with van der Waals surface area (Å²) >= 11 is 0. The lowest BCUT2D eigenvalue weighted by Crippen LogP contribution is -2.42. The molecule has 102 valence electrons. The van der Waals surface area contributed by atoms with Crippen LogP contribution in [0.3, 0.4) is 0 Å². The summed E-state index contributed by atoms with van der Waals surface area (Å²) in [7, 11) is -0.696. The van der Waals surface area contributed by atoms with Crippen molar-refractivity contribution >= 4 is 10.8 Å². The summed E-state index contributed by atoms with van der Waals surface area (Å²) in [5.41, 5.74) is 0.109. The van der Waals surface area contributed by atoms with E-state index in [1.165, 1.54) is 19.3 Å². The molecule has 4 heteroatoms. The van der Waals surface area contributed by atoms with Crippen LogP contribution in [0, 0.1) is 5.41 Å². The first-order valence-electron chi connectivity index (χ1n) is 6.72. The predicted octanol–water partition coefficient (Wildman–Crippen LogP) is 1.68. The van der Waals surface area contributed by atoms with Crippen molar-refractivity contribution in [1.82, 2.24) is 5.32 Å². The first-order chi connectivity index (χ1) is 8.08. The standard InChI is InChI=1S/C13H27NO2S/c1-12(6-9-17(2)16)14-10-13(11-15)7-4-3-5-8-13/h12,14-15H,3-11H2,1-2H3. The molecule has 0 spiro atoms. The van der Waals surface area contributed by atoms with Gasteiger partial charge in [-0.05, 0) is 26.2 Å². The zero-order valence-electron chi connectivity index (χ0n) is 11.2. The average Bonchev–Trinajstić information content (AvgIpc) is 2.35. The quantitative estimate of drug-likeness (QED) is 0.733. The summed E-state index contributed by atoms with van der Waals surface area (Å²) < 4.78 is 11.0. The maximum Gasteiger partial charge on any atom is 0.0499 e. The van der Waals surface area contributed by atoms with Gasteiger partial charge in [0.05, 0.1) is 0 Å². The van der Waals surface area contributed by atoms with Crippen LogP contribution in [-0.4, -0.2) is 40.5 Å². The van der Waals surface area contributed by atoms with E-state index < -0.39 is 10.8 Å². The smallest absolute Gasteiger partial charge is 0.0499 e. The normalized spacial score (nSPS) is 23.2. The van der Waals surface area contributed by atoms with E-state index in [1.807, 2.05) is 0 Å². The molecule has 1 aliphatic carbocycles. The second-order valence-electron chi connectivity index (χ2n) is 5.57. The molecule has 2 unspecified atom stereocenters. The molecule has 1 fully saturated rings. The molecule has 1 aliphatic rings. The van der Waals surface area contributed by atoms with Gasteiger partial charge in [0.25, 0.3) is 0 Å². The van der Waals surface area contributed by atoms with Crippen LogP contribution in [0.1, 0.15) is 45.4 Å². The molecule has 0 aliphatic heterocycles. The van der Waals surface area contributed by atoms with Gasteiger partial charge in [0.2, 0.25) is 0 Å². The van der Waals surface area contributed by atoms with E-state index in [0.717, 1.165) is 31.6 Å². The lowest BCUT2D eigenvalue weighted by Gasteiger charge is -2.36. The van der Waals surface area contributed by atoms with Crippen molar-refractivity contribution in [3.63, 3.8) is 0 Å². The van der Waals surface area contributed by atoms with Crippen LogP contribution < -0.4 is 5.32 Å². The zero-order chi connectivity index (χ0) is 12.7. The van der Waals surface area contributed by atoms with Crippen LogP contribution in [0.4, 0.5) is 0 Å². The second-order valence-corrected chi connectivity index (χ2v) is 7.12. The Kier molecular flexibility index (Phi) is 6.67. The van der Waals surface area contributed by atoms with E-state index in [1.54, 1.807) is 6.26 Å². The van der Waals surface area contributed by atoms with Gasteiger partial charge >= 0.3 is 0 Å². The van der Waals surface area contributed by atoms with Crippen molar-refractivity contribution in [3.05, 3.63) is 0 Å². The molecule has 0 aromatic rings. The van der Waals surface area contributed by atoms with Crippen molar-refractivity contribution in [2.75, 3.05) is 25.2 Å². The number of hydrogen-bond donors (Lipinski definition) is 2. The van der Waals surface area contributed by atoms with Gasteiger partial charge in [0.1, 0.15) is 0 Å². The summed E-state index contributed by atoms with van der Waals surface area (Å²) in [6.07, 6.45) is 8.79. The van der Waals surface area contributed by atoms with Crippen LogP contribution in [-0.2, 0) is 10.8 Å². The fourth-order valence-corrected chi connectivity index (χ4v) is 3.21. The molecular formula is C13H27NO2S. The van der Waals surface area contributed by atoms with E-state index in [4.69, 9.17) is 0 Å². The number of aliphatic hydroxyl groups is 1. The van der Waals surface area contributed by atoms with Gasteiger partial charge < -0.3 is 10.4 Å². The molecule has 0 amide bonds. The summed E-state index contributed by atoms with van der Waals surface area (Å²) in [4.78, 5) is 0. The van der Waals surface area contributed by atoms with Crippen molar-refractivity contribution in [3.8, 4) is 0 Å². The van der Waals surface area contributed by atoms with E-state index in [-0.39, 0.29) is 5.41 Å². The zero-order valence-corrected chi connectivity index (χ0v) is 12.0. The van der Waals surface area contributed by atoms with Crippen molar-refractivity contribution < 1.29 is 9.32 Å². The Bertz CT molecular complexity index is 240. The average molecular weight is 261 g/mol. The molecule has 2 N–H and O–H groups in total. The molecule has 0 aromatic heterocycles. The molecule has 1 saturated carbocycles. The van der Waals surface area contributed by atoms with Crippen molar-refractivity contribution in [2.24, 2.45) is 5.41 Å². The van der Waals surface area contributed by atoms with Crippen LogP contribution in [0.5, 0.6) is 0 Å². The Hall–Kier alpha value is 0.0700. The van der Waals surface area contributed by atoms with Crippen LogP contribution >= 0.6 is 0 Å². The third-order valence-corrected chi connectivity index (χ3v) is 4.72. The van der Waals surface area contributed by atoms with E-state index in [2.05, 4.69) is 12.2 Å².